The lowest BCUT2D eigenvalue weighted by Gasteiger charge is -2.08. The zero-order valence-electron chi connectivity index (χ0n) is 8.90. The van der Waals surface area contributed by atoms with Crippen LogP contribution in [0.5, 0.6) is 0 Å². The molecule has 1 aromatic rings. The summed E-state index contributed by atoms with van der Waals surface area (Å²) in [5.41, 5.74) is 0. The van der Waals surface area contributed by atoms with Crippen LogP contribution >= 0.6 is 23.4 Å². The van der Waals surface area contributed by atoms with Crippen molar-refractivity contribution in [3.05, 3.63) is 17.0 Å². The molecule has 0 aliphatic rings. The summed E-state index contributed by atoms with van der Waals surface area (Å²) in [6, 6.07) is 1.73. The van der Waals surface area contributed by atoms with Gasteiger partial charge >= 0.3 is 0 Å². The molecule has 0 aliphatic heterocycles. The van der Waals surface area contributed by atoms with Crippen LogP contribution in [-0.4, -0.2) is 26.9 Å². The van der Waals surface area contributed by atoms with Gasteiger partial charge < -0.3 is 5.11 Å². The number of halogens is 1. The van der Waals surface area contributed by atoms with Crippen molar-refractivity contribution in [1.82, 2.24) is 9.97 Å². The van der Waals surface area contributed by atoms with Crippen LogP contribution in [0, 0.1) is 0 Å². The molecule has 84 valence electrons. The van der Waals surface area contributed by atoms with Crippen LogP contribution in [0.4, 0.5) is 0 Å². The van der Waals surface area contributed by atoms with Gasteiger partial charge in [0, 0.05) is 17.7 Å². The zero-order chi connectivity index (χ0) is 11.3. The molecule has 1 aromatic heterocycles. The average molecular weight is 247 g/mol. The van der Waals surface area contributed by atoms with E-state index >= 15 is 0 Å². The van der Waals surface area contributed by atoms with Crippen molar-refractivity contribution in [2.24, 2.45) is 0 Å². The zero-order valence-corrected chi connectivity index (χ0v) is 10.5. The molecule has 0 saturated carbocycles. The molecule has 0 amide bonds. The first-order valence-electron chi connectivity index (χ1n) is 4.96. The van der Waals surface area contributed by atoms with Gasteiger partial charge in [-0.15, -0.1) is 11.8 Å². The van der Waals surface area contributed by atoms with E-state index < -0.39 is 0 Å². The lowest BCUT2D eigenvalue weighted by Crippen LogP contribution is -2.04. The third kappa shape index (κ3) is 4.36. The largest absolute Gasteiger partial charge is 0.395 e. The summed E-state index contributed by atoms with van der Waals surface area (Å²) in [5.74, 6) is 0.776. The van der Waals surface area contributed by atoms with Crippen LogP contribution in [0.3, 0.4) is 0 Å². The highest BCUT2D eigenvalue weighted by Crippen LogP contribution is 2.23. The smallest absolute Gasteiger partial charge is 0.133 e. The number of aromatic nitrogens is 2. The van der Waals surface area contributed by atoms with Gasteiger partial charge in [-0.2, -0.15) is 0 Å². The van der Waals surface area contributed by atoms with Crippen LogP contribution in [0.2, 0.25) is 5.15 Å². The standard InChI is InChI=1S/C10H15ClN2OS/c1-3-4-9-12-8(11)5-10(13-9)15-7(2)6-14/h5,7,14H,3-4,6H2,1-2H3. The Morgan fingerprint density at radius 3 is 2.87 bits per heavy atom. The molecule has 1 unspecified atom stereocenters. The molecule has 15 heavy (non-hydrogen) atoms. The molecular formula is C10H15ClN2OS. The molecule has 1 heterocycles. The summed E-state index contributed by atoms with van der Waals surface area (Å²) in [6.07, 6.45) is 1.83. The number of nitrogens with zero attached hydrogens (tertiary/aromatic N) is 2. The SMILES string of the molecule is CCCc1nc(Cl)cc(SC(C)CO)n1. The Kier molecular flexibility index (Phi) is 5.36. The number of thioether (sulfide) groups is 1. The van der Waals surface area contributed by atoms with Gasteiger partial charge in [0.2, 0.25) is 0 Å². The fourth-order valence-electron chi connectivity index (χ4n) is 1.08. The van der Waals surface area contributed by atoms with E-state index in [4.69, 9.17) is 16.7 Å². The summed E-state index contributed by atoms with van der Waals surface area (Å²) >= 11 is 7.40. The molecule has 1 atom stereocenters. The lowest BCUT2D eigenvalue weighted by atomic mass is 10.3. The van der Waals surface area contributed by atoms with Gasteiger partial charge in [0.05, 0.1) is 6.61 Å². The quantitative estimate of drug-likeness (QED) is 0.641. The third-order valence-electron chi connectivity index (χ3n) is 1.77. The summed E-state index contributed by atoms with van der Waals surface area (Å²) in [7, 11) is 0. The van der Waals surface area contributed by atoms with Crippen molar-refractivity contribution in [2.75, 3.05) is 6.61 Å². The topological polar surface area (TPSA) is 46.0 Å². The second-order valence-corrected chi connectivity index (χ2v) is 5.15. The van der Waals surface area contributed by atoms with E-state index in [1.807, 2.05) is 6.92 Å². The third-order valence-corrected chi connectivity index (χ3v) is 2.97. The molecule has 0 aromatic carbocycles. The Morgan fingerprint density at radius 2 is 2.27 bits per heavy atom. The van der Waals surface area contributed by atoms with Crippen molar-refractivity contribution >= 4 is 23.4 Å². The van der Waals surface area contributed by atoms with E-state index in [0.29, 0.717) is 5.15 Å². The minimum Gasteiger partial charge on any atom is -0.395 e. The Labute approximate surface area is 99.3 Å². The van der Waals surface area contributed by atoms with Crippen LogP contribution < -0.4 is 0 Å². The second-order valence-electron chi connectivity index (χ2n) is 3.31. The second kappa shape index (κ2) is 6.30. The normalized spacial score (nSPS) is 12.8. The van der Waals surface area contributed by atoms with Gasteiger partial charge in [-0.25, -0.2) is 9.97 Å². The number of aliphatic hydroxyl groups is 1. The predicted octanol–water partition coefficient (Wildman–Crippen LogP) is 2.56. The van der Waals surface area contributed by atoms with Crippen molar-refractivity contribution < 1.29 is 5.11 Å². The van der Waals surface area contributed by atoms with E-state index in [2.05, 4.69) is 16.9 Å². The van der Waals surface area contributed by atoms with Crippen LogP contribution in [-0.2, 0) is 6.42 Å². The molecule has 0 aliphatic carbocycles. The van der Waals surface area contributed by atoms with E-state index in [9.17, 15) is 0 Å². The van der Waals surface area contributed by atoms with Gasteiger partial charge in [0.15, 0.2) is 0 Å². The molecular weight excluding hydrogens is 232 g/mol. The van der Waals surface area contributed by atoms with Crippen LogP contribution in [0.15, 0.2) is 11.1 Å². The highest BCUT2D eigenvalue weighted by Gasteiger charge is 2.07. The van der Waals surface area contributed by atoms with Gasteiger partial charge in [0.25, 0.3) is 0 Å². The Balaban J connectivity index is 2.78. The highest BCUT2D eigenvalue weighted by molar-refractivity contribution is 7.99. The number of hydrogen-bond acceptors (Lipinski definition) is 4. The minimum absolute atomic E-state index is 0.130. The van der Waals surface area contributed by atoms with Gasteiger partial charge in [-0.1, -0.05) is 25.4 Å². The van der Waals surface area contributed by atoms with Crippen molar-refractivity contribution in [3.8, 4) is 0 Å². The number of aliphatic hydroxyl groups excluding tert-OH is 1. The molecule has 0 spiro atoms. The Hall–Kier alpha value is -0.320. The monoisotopic (exact) mass is 246 g/mol. The molecule has 0 bridgehead atoms. The maximum atomic E-state index is 8.94. The van der Waals surface area contributed by atoms with Gasteiger partial charge in [-0.3, -0.25) is 0 Å². The summed E-state index contributed by atoms with van der Waals surface area (Å²) in [5, 5.41) is 10.4. The molecule has 0 fully saturated rings. The molecule has 5 heteroatoms. The van der Waals surface area contributed by atoms with Crippen molar-refractivity contribution in [1.29, 1.82) is 0 Å². The van der Waals surface area contributed by atoms with E-state index in [-0.39, 0.29) is 11.9 Å². The first-order chi connectivity index (χ1) is 7.15. The highest BCUT2D eigenvalue weighted by atomic mass is 35.5. The van der Waals surface area contributed by atoms with E-state index in [1.165, 1.54) is 11.8 Å². The van der Waals surface area contributed by atoms with Crippen LogP contribution in [0.25, 0.3) is 0 Å². The van der Waals surface area contributed by atoms with E-state index in [1.54, 1.807) is 6.07 Å². The summed E-state index contributed by atoms with van der Waals surface area (Å²) in [4.78, 5) is 8.50. The molecule has 0 radical (unpaired) electrons. The minimum atomic E-state index is 0.130. The van der Waals surface area contributed by atoms with Gasteiger partial charge in [0.1, 0.15) is 16.0 Å². The molecule has 1 N–H and O–H groups in total. The first kappa shape index (κ1) is 12.7. The average Bonchev–Trinajstić information content (AvgIpc) is 2.17. The maximum absolute atomic E-state index is 8.94. The molecule has 1 rings (SSSR count). The fourth-order valence-corrected chi connectivity index (χ4v) is 2.17. The fraction of sp³-hybridized carbons (Fsp3) is 0.600. The van der Waals surface area contributed by atoms with E-state index in [0.717, 1.165) is 23.7 Å². The Bertz CT molecular complexity index is 322. The summed E-state index contributed by atoms with van der Waals surface area (Å²) < 4.78 is 0. The van der Waals surface area contributed by atoms with Crippen molar-refractivity contribution in [2.45, 2.75) is 37.0 Å². The maximum Gasteiger partial charge on any atom is 0.133 e. The predicted molar refractivity (Wildman–Crippen MR) is 63.4 cm³/mol. The number of hydrogen-bond donors (Lipinski definition) is 1. The lowest BCUT2D eigenvalue weighted by molar-refractivity contribution is 0.300. The van der Waals surface area contributed by atoms with Gasteiger partial charge in [-0.05, 0) is 6.42 Å². The number of rotatable bonds is 5. The number of aryl methyl sites for hydroxylation is 1. The molecule has 0 saturated heterocycles. The Morgan fingerprint density at radius 1 is 1.53 bits per heavy atom. The van der Waals surface area contributed by atoms with Crippen molar-refractivity contribution in [3.63, 3.8) is 0 Å². The summed E-state index contributed by atoms with van der Waals surface area (Å²) in [6.45, 7) is 4.16. The van der Waals surface area contributed by atoms with Crippen LogP contribution in [0.1, 0.15) is 26.1 Å². The molecule has 3 nitrogen and oxygen atoms in total. The first-order valence-corrected chi connectivity index (χ1v) is 6.22.